The molecule has 22 heavy (non-hydrogen) atoms. The molecule has 1 aliphatic heterocycles. The van der Waals surface area contributed by atoms with Gasteiger partial charge in [0.05, 0.1) is 6.04 Å². The minimum absolute atomic E-state index is 0.0652. The van der Waals surface area contributed by atoms with E-state index in [1.54, 1.807) is 0 Å². The summed E-state index contributed by atoms with van der Waals surface area (Å²) in [6.07, 6.45) is 8.77. The molecule has 0 spiro atoms. The fraction of sp³-hybridized carbons (Fsp3) is 0.765. The van der Waals surface area contributed by atoms with E-state index in [-0.39, 0.29) is 5.91 Å². The second-order valence-corrected chi connectivity index (χ2v) is 7.09. The number of likely N-dealkylation sites (tertiary alicyclic amines) is 1. The minimum atomic E-state index is -0.0652. The molecule has 1 aliphatic carbocycles. The molecule has 1 N–H and O–H groups in total. The van der Waals surface area contributed by atoms with Gasteiger partial charge < -0.3 is 10.2 Å². The normalized spacial score (nSPS) is 29.6. The lowest BCUT2D eigenvalue weighted by molar-refractivity contribution is -0.114. The van der Waals surface area contributed by atoms with Crippen LogP contribution in [0.25, 0.3) is 0 Å². The molecule has 0 radical (unpaired) electrons. The molecule has 1 saturated heterocycles. The van der Waals surface area contributed by atoms with Crippen LogP contribution >= 0.6 is 0 Å². The standard InChI is InChI=1S/C17H28N4O/c1-13-5-3-4-6-15(13)11-20-9-7-16(12-20)21-10-8-17(19-21)18-14(2)22/h8,10,13,15-16H,3-7,9,11-12H2,1-2H3,(H,18,19,22)/t13-,15-,16-/m1/s1. The van der Waals surface area contributed by atoms with Crippen LogP contribution in [-0.2, 0) is 4.79 Å². The van der Waals surface area contributed by atoms with Gasteiger partial charge in [-0.1, -0.05) is 26.2 Å². The van der Waals surface area contributed by atoms with Gasteiger partial charge in [0, 0.05) is 38.8 Å². The van der Waals surface area contributed by atoms with Crippen molar-refractivity contribution in [3.8, 4) is 0 Å². The fourth-order valence-electron chi connectivity index (χ4n) is 3.98. The summed E-state index contributed by atoms with van der Waals surface area (Å²) in [5, 5.41) is 7.23. The molecule has 1 saturated carbocycles. The minimum Gasteiger partial charge on any atom is -0.309 e. The second-order valence-electron chi connectivity index (χ2n) is 7.09. The Bertz CT molecular complexity index is 513. The van der Waals surface area contributed by atoms with Crippen molar-refractivity contribution in [1.82, 2.24) is 14.7 Å². The Kier molecular flexibility index (Phi) is 4.81. The summed E-state index contributed by atoms with van der Waals surface area (Å²) < 4.78 is 2.02. The molecule has 2 aliphatic rings. The van der Waals surface area contributed by atoms with Gasteiger partial charge in [-0.2, -0.15) is 5.10 Å². The Hall–Kier alpha value is -1.36. The number of carbonyl (C=O) groups excluding carboxylic acids is 1. The highest BCUT2D eigenvalue weighted by Crippen LogP contribution is 2.32. The highest BCUT2D eigenvalue weighted by molar-refractivity contribution is 5.87. The second kappa shape index (κ2) is 6.82. The first-order chi connectivity index (χ1) is 10.6. The van der Waals surface area contributed by atoms with Crippen LogP contribution in [-0.4, -0.2) is 40.2 Å². The fourth-order valence-corrected chi connectivity index (χ4v) is 3.98. The molecular weight excluding hydrogens is 276 g/mol. The van der Waals surface area contributed by atoms with Crippen molar-refractivity contribution >= 4 is 11.7 Å². The van der Waals surface area contributed by atoms with Crippen LogP contribution in [0.5, 0.6) is 0 Å². The van der Waals surface area contributed by atoms with Crippen LogP contribution in [0.1, 0.15) is 52.0 Å². The summed E-state index contributed by atoms with van der Waals surface area (Å²) in [6.45, 7) is 7.44. The van der Waals surface area contributed by atoms with Crippen molar-refractivity contribution in [2.45, 2.75) is 52.0 Å². The van der Waals surface area contributed by atoms with E-state index < -0.39 is 0 Å². The van der Waals surface area contributed by atoms with Crippen LogP contribution in [0.15, 0.2) is 12.3 Å². The van der Waals surface area contributed by atoms with E-state index in [2.05, 4.69) is 22.2 Å². The largest absolute Gasteiger partial charge is 0.309 e. The van der Waals surface area contributed by atoms with Gasteiger partial charge in [0.25, 0.3) is 0 Å². The number of hydrogen-bond acceptors (Lipinski definition) is 3. The first kappa shape index (κ1) is 15.5. The lowest BCUT2D eigenvalue weighted by Crippen LogP contribution is -2.32. The summed E-state index contributed by atoms with van der Waals surface area (Å²) in [7, 11) is 0. The Labute approximate surface area is 133 Å². The van der Waals surface area contributed by atoms with Gasteiger partial charge >= 0.3 is 0 Å². The third-order valence-electron chi connectivity index (χ3n) is 5.32. The third-order valence-corrected chi connectivity index (χ3v) is 5.32. The molecule has 1 aromatic heterocycles. The van der Waals surface area contributed by atoms with Crippen LogP contribution in [0.3, 0.4) is 0 Å². The van der Waals surface area contributed by atoms with E-state index in [0.717, 1.165) is 24.8 Å². The summed E-state index contributed by atoms with van der Waals surface area (Å²) in [5.74, 6) is 2.35. The molecule has 0 aromatic carbocycles. The summed E-state index contributed by atoms with van der Waals surface area (Å²) in [5.41, 5.74) is 0. The predicted molar refractivity (Wildman–Crippen MR) is 87.7 cm³/mol. The molecule has 0 unspecified atom stereocenters. The van der Waals surface area contributed by atoms with Crippen molar-refractivity contribution in [2.75, 3.05) is 25.0 Å². The molecule has 2 heterocycles. The first-order valence-electron chi connectivity index (χ1n) is 8.67. The van der Waals surface area contributed by atoms with Gasteiger partial charge in [-0.05, 0) is 24.7 Å². The highest BCUT2D eigenvalue weighted by Gasteiger charge is 2.29. The van der Waals surface area contributed by atoms with Crippen LogP contribution in [0.4, 0.5) is 5.82 Å². The number of nitrogens with one attached hydrogen (secondary N) is 1. The van der Waals surface area contributed by atoms with Gasteiger partial charge in [0.2, 0.25) is 5.91 Å². The smallest absolute Gasteiger partial charge is 0.222 e. The maximum atomic E-state index is 11.1. The molecule has 2 fully saturated rings. The molecular formula is C17H28N4O. The van der Waals surface area contributed by atoms with E-state index in [1.807, 2.05) is 16.9 Å². The van der Waals surface area contributed by atoms with Gasteiger partial charge in [0.1, 0.15) is 0 Å². The van der Waals surface area contributed by atoms with Crippen LogP contribution in [0, 0.1) is 11.8 Å². The molecule has 1 amide bonds. The maximum Gasteiger partial charge on any atom is 0.222 e. The lowest BCUT2D eigenvalue weighted by Gasteiger charge is -2.32. The number of anilines is 1. The molecule has 1 aromatic rings. The number of rotatable bonds is 4. The van der Waals surface area contributed by atoms with Gasteiger partial charge in [-0.15, -0.1) is 0 Å². The zero-order chi connectivity index (χ0) is 15.5. The highest BCUT2D eigenvalue weighted by atomic mass is 16.1. The van der Waals surface area contributed by atoms with Crippen molar-refractivity contribution < 1.29 is 4.79 Å². The Morgan fingerprint density at radius 1 is 1.36 bits per heavy atom. The average molecular weight is 304 g/mol. The molecule has 3 atom stereocenters. The molecule has 0 bridgehead atoms. The number of hydrogen-bond donors (Lipinski definition) is 1. The third kappa shape index (κ3) is 3.69. The van der Waals surface area contributed by atoms with Crippen molar-refractivity contribution in [1.29, 1.82) is 0 Å². The monoisotopic (exact) mass is 304 g/mol. The first-order valence-corrected chi connectivity index (χ1v) is 8.67. The average Bonchev–Trinajstić information content (AvgIpc) is 3.10. The van der Waals surface area contributed by atoms with Crippen molar-refractivity contribution in [3.05, 3.63) is 12.3 Å². The summed E-state index contributed by atoms with van der Waals surface area (Å²) in [6, 6.07) is 2.33. The molecule has 3 rings (SSSR count). The Morgan fingerprint density at radius 3 is 2.95 bits per heavy atom. The number of aromatic nitrogens is 2. The zero-order valence-corrected chi connectivity index (χ0v) is 13.8. The lowest BCUT2D eigenvalue weighted by atomic mass is 9.80. The Morgan fingerprint density at radius 2 is 2.18 bits per heavy atom. The quantitative estimate of drug-likeness (QED) is 0.930. The summed E-state index contributed by atoms with van der Waals surface area (Å²) in [4.78, 5) is 13.7. The van der Waals surface area contributed by atoms with E-state index in [0.29, 0.717) is 11.9 Å². The predicted octanol–water partition coefficient (Wildman–Crippen LogP) is 2.91. The van der Waals surface area contributed by atoms with Gasteiger partial charge in [-0.3, -0.25) is 9.48 Å². The van der Waals surface area contributed by atoms with E-state index in [1.165, 1.54) is 45.7 Å². The van der Waals surface area contributed by atoms with Crippen LogP contribution in [0.2, 0.25) is 0 Å². The topological polar surface area (TPSA) is 50.2 Å². The number of amides is 1. The Balaban J connectivity index is 1.53. The summed E-state index contributed by atoms with van der Waals surface area (Å²) >= 11 is 0. The number of carbonyl (C=O) groups is 1. The van der Waals surface area contributed by atoms with Crippen molar-refractivity contribution in [3.63, 3.8) is 0 Å². The van der Waals surface area contributed by atoms with Gasteiger partial charge in [0.15, 0.2) is 5.82 Å². The van der Waals surface area contributed by atoms with E-state index in [9.17, 15) is 4.79 Å². The van der Waals surface area contributed by atoms with Crippen LogP contribution < -0.4 is 5.32 Å². The number of nitrogens with zero attached hydrogens (tertiary/aromatic N) is 3. The SMILES string of the molecule is CC(=O)Nc1ccn([C@@H]2CCN(C[C@H]3CCCC[C@H]3C)C2)n1. The van der Waals surface area contributed by atoms with E-state index in [4.69, 9.17) is 0 Å². The van der Waals surface area contributed by atoms with Crippen molar-refractivity contribution in [2.24, 2.45) is 11.8 Å². The molecule has 5 heteroatoms. The van der Waals surface area contributed by atoms with E-state index >= 15 is 0 Å². The van der Waals surface area contributed by atoms with Gasteiger partial charge in [-0.25, -0.2) is 0 Å². The molecule has 5 nitrogen and oxygen atoms in total. The molecule has 122 valence electrons. The maximum absolute atomic E-state index is 11.1. The zero-order valence-electron chi connectivity index (χ0n) is 13.8.